The van der Waals surface area contributed by atoms with E-state index in [0.29, 0.717) is 16.4 Å². The van der Waals surface area contributed by atoms with Crippen molar-refractivity contribution in [3.63, 3.8) is 0 Å². The molecule has 6 nitrogen and oxygen atoms in total. The Bertz CT molecular complexity index is 1140. The molecule has 7 heteroatoms. The molecule has 0 fully saturated rings. The van der Waals surface area contributed by atoms with Gasteiger partial charge in [-0.05, 0) is 49.1 Å². The molecule has 4 rings (SSSR count). The first-order valence-corrected chi connectivity index (χ1v) is 10.4. The molecule has 1 aliphatic heterocycles. The molecule has 1 amide bonds. The summed E-state index contributed by atoms with van der Waals surface area (Å²) in [6.07, 6.45) is 4.48. The standard InChI is InChI=1S/C24H22ClN3O3/c1-16-19(24(25)27(2)26-16)13-14-23(30)31-15-22(29)28-20-9-5-3-7-17(20)11-12-18-8-4-6-10-21(18)28/h3-10,13-14H,11-12,15H2,1-2H3/b14-13+. The van der Waals surface area contributed by atoms with Crippen molar-refractivity contribution in [3.05, 3.63) is 82.1 Å². The van der Waals surface area contributed by atoms with E-state index in [4.69, 9.17) is 16.3 Å². The van der Waals surface area contributed by atoms with Gasteiger partial charge in [0.25, 0.3) is 5.91 Å². The zero-order chi connectivity index (χ0) is 22.0. The summed E-state index contributed by atoms with van der Waals surface area (Å²) in [5.41, 5.74) is 5.15. The van der Waals surface area contributed by atoms with Crippen molar-refractivity contribution in [2.45, 2.75) is 19.8 Å². The average Bonchev–Trinajstić information content (AvgIpc) is 2.92. The number of amides is 1. The van der Waals surface area contributed by atoms with Gasteiger partial charge in [-0.15, -0.1) is 0 Å². The van der Waals surface area contributed by atoms with Crippen LogP contribution < -0.4 is 4.90 Å². The first kappa shape index (κ1) is 20.9. The fraction of sp³-hybridized carbons (Fsp3) is 0.208. The summed E-state index contributed by atoms with van der Waals surface area (Å²) in [6, 6.07) is 15.6. The van der Waals surface area contributed by atoms with Gasteiger partial charge < -0.3 is 4.74 Å². The minimum absolute atomic E-state index is 0.306. The van der Waals surface area contributed by atoms with Gasteiger partial charge in [-0.1, -0.05) is 48.0 Å². The highest BCUT2D eigenvalue weighted by atomic mass is 35.5. The minimum atomic E-state index is -0.621. The number of nitrogens with zero attached hydrogens (tertiary/aromatic N) is 3. The molecular formula is C24H22ClN3O3. The lowest BCUT2D eigenvalue weighted by molar-refractivity contribution is -0.142. The highest BCUT2D eigenvalue weighted by molar-refractivity contribution is 6.31. The maximum atomic E-state index is 13.2. The summed E-state index contributed by atoms with van der Waals surface area (Å²) in [4.78, 5) is 27.0. The highest BCUT2D eigenvalue weighted by Gasteiger charge is 2.26. The number of rotatable bonds is 4. The maximum absolute atomic E-state index is 13.2. The topological polar surface area (TPSA) is 64.4 Å². The van der Waals surface area contributed by atoms with Crippen molar-refractivity contribution < 1.29 is 14.3 Å². The second-order valence-electron chi connectivity index (χ2n) is 7.34. The number of hydrogen-bond acceptors (Lipinski definition) is 4. The Morgan fingerprint density at radius 1 is 1.06 bits per heavy atom. The van der Waals surface area contributed by atoms with Gasteiger partial charge in [0.05, 0.1) is 17.1 Å². The normalized spacial score (nSPS) is 12.9. The molecule has 0 saturated heterocycles. The Morgan fingerprint density at radius 3 is 2.19 bits per heavy atom. The molecule has 0 spiro atoms. The van der Waals surface area contributed by atoms with Crippen LogP contribution in [-0.2, 0) is 34.2 Å². The van der Waals surface area contributed by atoms with Crippen LogP contribution in [0.2, 0.25) is 5.15 Å². The summed E-state index contributed by atoms with van der Waals surface area (Å²) in [7, 11) is 1.72. The first-order valence-electron chi connectivity index (χ1n) is 9.98. The molecule has 0 bridgehead atoms. The summed E-state index contributed by atoms with van der Waals surface area (Å²) < 4.78 is 6.78. The molecule has 1 aromatic heterocycles. The zero-order valence-electron chi connectivity index (χ0n) is 17.3. The molecule has 0 unspecified atom stereocenters. The lowest BCUT2D eigenvalue weighted by Crippen LogP contribution is -2.31. The van der Waals surface area contributed by atoms with E-state index in [2.05, 4.69) is 5.10 Å². The van der Waals surface area contributed by atoms with Crippen molar-refractivity contribution in [2.75, 3.05) is 11.5 Å². The van der Waals surface area contributed by atoms with Gasteiger partial charge in [-0.3, -0.25) is 14.4 Å². The predicted octanol–water partition coefficient (Wildman–Crippen LogP) is 4.40. The van der Waals surface area contributed by atoms with Gasteiger partial charge >= 0.3 is 5.97 Å². The van der Waals surface area contributed by atoms with Crippen molar-refractivity contribution >= 4 is 40.9 Å². The van der Waals surface area contributed by atoms with E-state index in [1.165, 1.54) is 10.8 Å². The molecule has 0 radical (unpaired) electrons. The Kier molecular flexibility index (Phi) is 5.91. The fourth-order valence-electron chi connectivity index (χ4n) is 3.78. The number of aromatic nitrogens is 2. The number of aryl methyl sites for hydroxylation is 4. The van der Waals surface area contributed by atoms with Crippen LogP contribution in [0, 0.1) is 6.92 Å². The van der Waals surface area contributed by atoms with Crippen LogP contribution in [0.3, 0.4) is 0 Å². The third kappa shape index (κ3) is 4.25. The number of ether oxygens (including phenoxy) is 1. The predicted molar refractivity (Wildman–Crippen MR) is 120 cm³/mol. The van der Waals surface area contributed by atoms with Gasteiger partial charge in [0.2, 0.25) is 0 Å². The van der Waals surface area contributed by atoms with Gasteiger partial charge in [0, 0.05) is 18.7 Å². The number of fused-ring (bicyclic) bond motifs is 2. The Hall–Kier alpha value is -3.38. The van der Waals surface area contributed by atoms with E-state index in [1.807, 2.05) is 48.5 Å². The number of esters is 1. The number of benzene rings is 2. The third-order valence-electron chi connectivity index (χ3n) is 5.30. The summed E-state index contributed by atoms with van der Waals surface area (Å²) >= 11 is 6.17. The molecule has 2 heterocycles. The molecule has 0 saturated carbocycles. The lowest BCUT2D eigenvalue weighted by Gasteiger charge is -2.24. The lowest BCUT2D eigenvalue weighted by atomic mass is 10.0. The third-order valence-corrected chi connectivity index (χ3v) is 5.75. The van der Waals surface area contributed by atoms with Crippen LogP contribution in [0.25, 0.3) is 6.08 Å². The summed E-state index contributed by atoms with van der Waals surface area (Å²) in [5.74, 6) is -0.928. The minimum Gasteiger partial charge on any atom is -0.452 e. The van der Waals surface area contributed by atoms with Gasteiger partial charge in [0.1, 0.15) is 5.15 Å². The van der Waals surface area contributed by atoms with Gasteiger partial charge in [-0.2, -0.15) is 5.10 Å². The van der Waals surface area contributed by atoms with E-state index in [-0.39, 0.29) is 12.5 Å². The molecule has 0 atom stereocenters. The van der Waals surface area contributed by atoms with Crippen molar-refractivity contribution in [2.24, 2.45) is 7.05 Å². The van der Waals surface area contributed by atoms with Gasteiger partial charge in [0.15, 0.2) is 6.61 Å². The zero-order valence-corrected chi connectivity index (χ0v) is 18.1. The van der Waals surface area contributed by atoms with Crippen LogP contribution in [0.4, 0.5) is 11.4 Å². The van der Waals surface area contributed by atoms with E-state index in [9.17, 15) is 9.59 Å². The monoisotopic (exact) mass is 435 g/mol. The molecule has 158 valence electrons. The average molecular weight is 436 g/mol. The summed E-state index contributed by atoms with van der Waals surface area (Å²) in [6.45, 7) is 1.43. The Balaban J connectivity index is 1.52. The Labute approximate surface area is 185 Å². The largest absolute Gasteiger partial charge is 0.452 e. The Morgan fingerprint density at radius 2 is 1.65 bits per heavy atom. The molecule has 0 aliphatic carbocycles. The smallest absolute Gasteiger partial charge is 0.331 e. The van der Waals surface area contributed by atoms with Crippen LogP contribution in [0.15, 0.2) is 54.6 Å². The molecule has 2 aromatic carbocycles. The molecular weight excluding hydrogens is 414 g/mol. The van der Waals surface area contributed by atoms with Crippen LogP contribution in [-0.4, -0.2) is 28.3 Å². The molecule has 3 aromatic rings. The molecule has 0 N–H and O–H groups in total. The number of hydrogen-bond donors (Lipinski definition) is 0. The number of halogens is 1. The van der Waals surface area contributed by atoms with E-state index in [1.54, 1.807) is 24.9 Å². The molecule has 1 aliphatic rings. The quantitative estimate of drug-likeness (QED) is 0.450. The van der Waals surface area contributed by atoms with Crippen LogP contribution in [0.1, 0.15) is 22.4 Å². The second kappa shape index (κ2) is 8.78. The number of anilines is 2. The van der Waals surface area contributed by atoms with E-state index in [0.717, 1.165) is 35.3 Å². The first-order chi connectivity index (χ1) is 15.0. The van der Waals surface area contributed by atoms with Crippen LogP contribution in [0.5, 0.6) is 0 Å². The number of para-hydroxylation sites is 2. The van der Waals surface area contributed by atoms with Crippen molar-refractivity contribution in [1.82, 2.24) is 9.78 Å². The van der Waals surface area contributed by atoms with Crippen molar-refractivity contribution in [1.29, 1.82) is 0 Å². The fourth-order valence-corrected chi connectivity index (χ4v) is 4.02. The summed E-state index contributed by atoms with van der Waals surface area (Å²) in [5, 5.41) is 4.62. The maximum Gasteiger partial charge on any atom is 0.331 e. The van der Waals surface area contributed by atoms with E-state index >= 15 is 0 Å². The second-order valence-corrected chi connectivity index (χ2v) is 7.70. The number of carbonyl (C=O) groups is 2. The number of carbonyl (C=O) groups excluding carboxylic acids is 2. The van der Waals surface area contributed by atoms with E-state index < -0.39 is 5.97 Å². The SMILES string of the molecule is Cc1nn(C)c(Cl)c1/C=C/C(=O)OCC(=O)N1c2ccccc2CCc2ccccc21. The highest BCUT2D eigenvalue weighted by Crippen LogP contribution is 2.36. The van der Waals surface area contributed by atoms with Gasteiger partial charge in [-0.25, -0.2) is 4.79 Å². The van der Waals surface area contributed by atoms with Crippen LogP contribution >= 0.6 is 11.6 Å². The van der Waals surface area contributed by atoms with Crippen molar-refractivity contribution in [3.8, 4) is 0 Å². The molecule has 31 heavy (non-hydrogen) atoms.